The standard InChI is InChI=1S/C11H14N2O4/c1-2-7-12(8-11(14)15)9-3-5-10(6-4-9)13(16)17/h3-6H,2,7-8H2,1H3,(H,14,15). The lowest BCUT2D eigenvalue weighted by molar-refractivity contribution is -0.384. The van der Waals surface area contributed by atoms with Gasteiger partial charge in [0.1, 0.15) is 6.54 Å². The third kappa shape index (κ3) is 3.75. The lowest BCUT2D eigenvalue weighted by Crippen LogP contribution is -2.30. The van der Waals surface area contributed by atoms with Gasteiger partial charge in [0.25, 0.3) is 5.69 Å². The number of non-ortho nitro benzene ring substituents is 1. The maximum absolute atomic E-state index is 10.7. The largest absolute Gasteiger partial charge is 0.480 e. The number of benzene rings is 1. The van der Waals surface area contributed by atoms with Crippen LogP contribution in [0.4, 0.5) is 11.4 Å². The second kappa shape index (κ2) is 5.83. The van der Waals surface area contributed by atoms with Crippen LogP contribution >= 0.6 is 0 Å². The molecular formula is C11H14N2O4. The topological polar surface area (TPSA) is 83.7 Å². The molecule has 0 aliphatic carbocycles. The predicted octanol–water partition coefficient (Wildman–Crippen LogP) is 1.90. The summed E-state index contributed by atoms with van der Waals surface area (Å²) < 4.78 is 0. The molecule has 17 heavy (non-hydrogen) atoms. The highest BCUT2D eigenvalue weighted by Gasteiger charge is 2.11. The van der Waals surface area contributed by atoms with Gasteiger partial charge in [-0.05, 0) is 18.6 Å². The Kier molecular flexibility index (Phi) is 4.45. The van der Waals surface area contributed by atoms with Gasteiger partial charge in [-0.1, -0.05) is 6.92 Å². The van der Waals surface area contributed by atoms with Crippen LogP contribution in [0.2, 0.25) is 0 Å². The van der Waals surface area contributed by atoms with Crippen molar-refractivity contribution in [3.05, 3.63) is 34.4 Å². The van der Waals surface area contributed by atoms with Gasteiger partial charge in [-0.3, -0.25) is 14.9 Å². The molecule has 0 aliphatic rings. The van der Waals surface area contributed by atoms with E-state index in [1.165, 1.54) is 12.1 Å². The van der Waals surface area contributed by atoms with Crippen molar-refractivity contribution in [3.8, 4) is 0 Å². The third-order valence-electron chi connectivity index (χ3n) is 2.25. The monoisotopic (exact) mass is 238 g/mol. The van der Waals surface area contributed by atoms with E-state index in [4.69, 9.17) is 5.11 Å². The molecule has 0 spiro atoms. The first-order valence-electron chi connectivity index (χ1n) is 5.25. The van der Waals surface area contributed by atoms with Crippen molar-refractivity contribution in [3.63, 3.8) is 0 Å². The molecule has 1 rings (SSSR count). The number of nitro benzene ring substituents is 1. The fourth-order valence-corrected chi connectivity index (χ4v) is 1.52. The molecule has 92 valence electrons. The first-order valence-corrected chi connectivity index (χ1v) is 5.25. The molecule has 0 unspecified atom stereocenters. The average Bonchev–Trinajstić information content (AvgIpc) is 2.28. The highest BCUT2D eigenvalue weighted by Crippen LogP contribution is 2.19. The highest BCUT2D eigenvalue weighted by atomic mass is 16.6. The summed E-state index contributed by atoms with van der Waals surface area (Å²) in [6, 6.07) is 5.88. The van der Waals surface area contributed by atoms with Crippen LogP contribution in [0.3, 0.4) is 0 Å². The Morgan fingerprint density at radius 2 is 2.00 bits per heavy atom. The van der Waals surface area contributed by atoms with E-state index in [2.05, 4.69) is 0 Å². The molecule has 6 heteroatoms. The summed E-state index contributed by atoms with van der Waals surface area (Å²) in [5, 5.41) is 19.2. The van der Waals surface area contributed by atoms with Gasteiger partial charge in [0.2, 0.25) is 0 Å². The van der Waals surface area contributed by atoms with Crippen LogP contribution < -0.4 is 4.90 Å². The highest BCUT2D eigenvalue weighted by molar-refractivity contribution is 5.73. The van der Waals surface area contributed by atoms with Crippen LogP contribution in [-0.2, 0) is 4.79 Å². The molecule has 1 N–H and O–H groups in total. The molecule has 1 aromatic carbocycles. The summed E-state index contributed by atoms with van der Waals surface area (Å²) in [6.45, 7) is 2.44. The molecular weight excluding hydrogens is 224 g/mol. The minimum absolute atomic E-state index is 0.000485. The molecule has 0 aromatic heterocycles. The maximum Gasteiger partial charge on any atom is 0.323 e. The lowest BCUT2D eigenvalue weighted by atomic mass is 10.2. The number of carboxylic acid groups (broad SMARTS) is 1. The molecule has 0 aliphatic heterocycles. The summed E-state index contributed by atoms with van der Waals surface area (Å²) in [7, 11) is 0. The smallest absolute Gasteiger partial charge is 0.323 e. The van der Waals surface area contributed by atoms with Crippen molar-refractivity contribution in [2.45, 2.75) is 13.3 Å². The number of hydrogen-bond donors (Lipinski definition) is 1. The molecule has 0 saturated carbocycles. The van der Waals surface area contributed by atoms with E-state index < -0.39 is 10.9 Å². The van der Waals surface area contributed by atoms with Gasteiger partial charge in [-0.2, -0.15) is 0 Å². The van der Waals surface area contributed by atoms with Crippen molar-refractivity contribution in [2.24, 2.45) is 0 Å². The Bertz CT molecular complexity index is 402. The van der Waals surface area contributed by atoms with Gasteiger partial charge in [-0.25, -0.2) is 0 Å². The Balaban J connectivity index is 2.86. The molecule has 0 atom stereocenters. The number of nitrogens with zero attached hydrogens (tertiary/aromatic N) is 2. The van der Waals surface area contributed by atoms with Crippen LogP contribution in [0.25, 0.3) is 0 Å². The van der Waals surface area contributed by atoms with Crippen molar-refractivity contribution in [1.29, 1.82) is 0 Å². The number of hydrogen-bond acceptors (Lipinski definition) is 4. The number of nitro groups is 1. The van der Waals surface area contributed by atoms with Crippen molar-refractivity contribution in [1.82, 2.24) is 0 Å². The van der Waals surface area contributed by atoms with Crippen LogP contribution in [0.15, 0.2) is 24.3 Å². The van der Waals surface area contributed by atoms with E-state index in [0.717, 1.165) is 6.42 Å². The number of carboxylic acids is 1. The average molecular weight is 238 g/mol. The van der Waals surface area contributed by atoms with Crippen molar-refractivity contribution in [2.75, 3.05) is 18.0 Å². The van der Waals surface area contributed by atoms with Crippen LogP contribution in [0.1, 0.15) is 13.3 Å². The van der Waals surface area contributed by atoms with E-state index in [1.807, 2.05) is 6.92 Å². The second-order valence-corrected chi connectivity index (χ2v) is 3.59. The second-order valence-electron chi connectivity index (χ2n) is 3.59. The van der Waals surface area contributed by atoms with Gasteiger partial charge >= 0.3 is 5.97 Å². The van der Waals surface area contributed by atoms with Gasteiger partial charge in [-0.15, -0.1) is 0 Å². The van der Waals surface area contributed by atoms with Gasteiger partial charge < -0.3 is 10.0 Å². The zero-order valence-electron chi connectivity index (χ0n) is 9.50. The Morgan fingerprint density at radius 1 is 1.41 bits per heavy atom. The summed E-state index contributed by atoms with van der Waals surface area (Å²) >= 11 is 0. The summed E-state index contributed by atoms with van der Waals surface area (Å²) in [4.78, 5) is 22.4. The Hall–Kier alpha value is -2.11. The van der Waals surface area contributed by atoms with Gasteiger partial charge in [0.05, 0.1) is 4.92 Å². The molecule has 1 aromatic rings. The number of aliphatic carboxylic acids is 1. The molecule has 6 nitrogen and oxygen atoms in total. The quantitative estimate of drug-likeness (QED) is 0.604. The summed E-state index contributed by atoms with van der Waals surface area (Å²) in [5.41, 5.74) is 0.681. The number of rotatable bonds is 6. The molecule has 0 fully saturated rings. The van der Waals surface area contributed by atoms with Crippen LogP contribution in [0.5, 0.6) is 0 Å². The molecule has 0 saturated heterocycles. The Labute approximate surface area is 98.6 Å². The first-order chi connectivity index (χ1) is 8.04. The molecule has 0 bridgehead atoms. The SMILES string of the molecule is CCCN(CC(=O)O)c1ccc([N+](=O)[O-])cc1. The lowest BCUT2D eigenvalue weighted by Gasteiger charge is -2.21. The summed E-state index contributed by atoms with van der Waals surface area (Å²) in [6.07, 6.45) is 0.810. The van der Waals surface area contributed by atoms with E-state index >= 15 is 0 Å². The van der Waals surface area contributed by atoms with Crippen LogP contribution in [0, 0.1) is 10.1 Å². The Morgan fingerprint density at radius 3 is 2.41 bits per heavy atom. The zero-order valence-corrected chi connectivity index (χ0v) is 9.50. The van der Waals surface area contributed by atoms with Crippen LogP contribution in [-0.4, -0.2) is 29.1 Å². The van der Waals surface area contributed by atoms with E-state index in [-0.39, 0.29) is 12.2 Å². The molecule has 0 amide bonds. The molecule has 0 radical (unpaired) electrons. The maximum atomic E-state index is 10.7. The van der Waals surface area contributed by atoms with E-state index in [1.54, 1.807) is 17.0 Å². The van der Waals surface area contributed by atoms with E-state index in [9.17, 15) is 14.9 Å². The number of carbonyl (C=O) groups is 1. The fraction of sp³-hybridized carbons (Fsp3) is 0.364. The minimum atomic E-state index is -0.920. The first kappa shape index (κ1) is 13.0. The molecule has 0 heterocycles. The zero-order chi connectivity index (χ0) is 12.8. The van der Waals surface area contributed by atoms with Crippen molar-refractivity contribution < 1.29 is 14.8 Å². The minimum Gasteiger partial charge on any atom is -0.480 e. The van der Waals surface area contributed by atoms with E-state index in [0.29, 0.717) is 12.2 Å². The summed E-state index contributed by atoms with van der Waals surface area (Å²) in [5.74, 6) is -0.920. The normalized spacial score (nSPS) is 9.94. The van der Waals surface area contributed by atoms with Crippen molar-refractivity contribution >= 4 is 17.3 Å². The predicted molar refractivity (Wildman–Crippen MR) is 63.2 cm³/mol. The fourth-order valence-electron chi connectivity index (χ4n) is 1.52. The third-order valence-corrected chi connectivity index (χ3v) is 2.25. The van der Waals surface area contributed by atoms with Gasteiger partial charge in [0, 0.05) is 24.4 Å². The van der Waals surface area contributed by atoms with Gasteiger partial charge in [0.15, 0.2) is 0 Å². The number of anilines is 1.